The number of aromatic nitrogens is 2. The SMILES string of the molecule is Cc1ncc[n+](CC(=O)c2ccccc2)c1/C=C/N(C)C. The number of nitrogens with zero attached hydrogens (tertiary/aromatic N) is 3. The van der Waals surface area contributed by atoms with Crippen molar-refractivity contribution in [2.24, 2.45) is 0 Å². The highest BCUT2D eigenvalue weighted by atomic mass is 16.1. The van der Waals surface area contributed by atoms with Gasteiger partial charge in [-0.1, -0.05) is 30.3 Å². The van der Waals surface area contributed by atoms with Crippen LogP contribution >= 0.6 is 0 Å². The Balaban J connectivity index is 2.28. The van der Waals surface area contributed by atoms with E-state index in [1.165, 1.54) is 0 Å². The third-order valence-corrected chi connectivity index (χ3v) is 3.14. The summed E-state index contributed by atoms with van der Waals surface area (Å²) >= 11 is 0. The minimum absolute atomic E-state index is 0.0886. The van der Waals surface area contributed by atoms with E-state index in [2.05, 4.69) is 4.98 Å². The fourth-order valence-electron chi connectivity index (χ4n) is 2.02. The van der Waals surface area contributed by atoms with Gasteiger partial charge in [0.05, 0.1) is 6.20 Å². The highest BCUT2D eigenvalue weighted by molar-refractivity contribution is 5.95. The van der Waals surface area contributed by atoms with E-state index in [4.69, 9.17) is 0 Å². The minimum Gasteiger partial charge on any atom is -0.383 e. The average molecular weight is 282 g/mol. The molecule has 1 aromatic carbocycles. The number of benzene rings is 1. The van der Waals surface area contributed by atoms with E-state index < -0.39 is 0 Å². The van der Waals surface area contributed by atoms with Gasteiger partial charge in [0.2, 0.25) is 18.0 Å². The van der Waals surface area contributed by atoms with Gasteiger partial charge in [0, 0.05) is 31.9 Å². The third kappa shape index (κ3) is 3.99. The van der Waals surface area contributed by atoms with Crippen LogP contribution in [0.1, 0.15) is 21.7 Å². The molecule has 4 heteroatoms. The van der Waals surface area contributed by atoms with Crippen molar-refractivity contribution in [3.05, 3.63) is 65.9 Å². The zero-order valence-corrected chi connectivity index (χ0v) is 12.7. The van der Waals surface area contributed by atoms with Crippen LogP contribution in [0, 0.1) is 6.92 Å². The molecule has 0 bridgehead atoms. The molecule has 0 saturated heterocycles. The molecular formula is C17H20N3O+. The first-order chi connectivity index (χ1) is 10.1. The van der Waals surface area contributed by atoms with Crippen LogP contribution in [-0.2, 0) is 6.54 Å². The lowest BCUT2D eigenvalue weighted by atomic mass is 10.1. The number of hydrogen-bond donors (Lipinski definition) is 0. The van der Waals surface area contributed by atoms with Crippen LogP contribution in [0.25, 0.3) is 6.08 Å². The zero-order valence-electron chi connectivity index (χ0n) is 12.7. The molecule has 0 radical (unpaired) electrons. The van der Waals surface area contributed by atoms with Gasteiger partial charge in [0.1, 0.15) is 5.69 Å². The molecule has 0 aliphatic heterocycles. The predicted octanol–water partition coefficient (Wildman–Crippen LogP) is 2.09. The van der Waals surface area contributed by atoms with Gasteiger partial charge in [-0.2, -0.15) is 4.57 Å². The molecule has 0 spiro atoms. The van der Waals surface area contributed by atoms with Crippen molar-refractivity contribution < 1.29 is 9.36 Å². The monoisotopic (exact) mass is 282 g/mol. The molecule has 0 amide bonds. The Morgan fingerprint density at radius 1 is 1.29 bits per heavy atom. The average Bonchev–Trinajstić information content (AvgIpc) is 2.47. The largest absolute Gasteiger partial charge is 0.383 e. The number of ketones is 1. The standard InChI is InChI=1S/C17H20N3O/c1-14-16(9-11-19(2)3)20(12-10-18-14)13-17(21)15-7-5-4-6-8-15/h4-12H,13H2,1-3H3/q+1. The summed E-state index contributed by atoms with van der Waals surface area (Å²) in [5, 5.41) is 0. The second-order valence-electron chi connectivity index (χ2n) is 5.09. The summed E-state index contributed by atoms with van der Waals surface area (Å²) in [5.74, 6) is 0.0886. The normalized spacial score (nSPS) is 10.8. The molecule has 2 rings (SSSR count). The van der Waals surface area contributed by atoms with E-state index >= 15 is 0 Å². The molecular weight excluding hydrogens is 262 g/mol. The lowest BCUT2D eigenvalue weighted by Gasteiger charge is -2.05. The Kier molecular flexibility index (Phi) is 4.82. The first-order valence-corrected chi connectivity index (χ1v) is 6.86. The molecule has 0 fully saturated rings. The van der Waals surface area contributed by atoms with Crippen molar-refractivity contribution in [3.63, 3.8) is 0 Å². The van der Waals surface area contributed by atoms with Gasteiger partial charge < -0.3 is 4.90 Å². The molecule has 4 nitrogen and oxygen atoms in total. The first-order valence-electron chi connectivity index (χ1n) is 6.86. The number of carbonyl (C=O) groups excluding carboxylic acids is 1. The van der Waals surface area contributed by atoms with Gasteiger partial charge in [-0.25, -0.2) is 4.98 Å². The van der Waals surface area contributed by atoms with Gasteiger partial charge in [-0.3, -0.25) is 4.79 Å². The number of aryl methyl sites for hydroxylation is 1. The van der Waals surface area contributed by atoms with Crippen LogP contribution in [0.2, 0.25) is 0 Å². The van der Waals surface area contributed by atoms with Crippen LogP contribution < -0.4 is 4.57 Å². The third-order valence-electron chi connectivity index (χ3n) is 3.14. The van der Waals surface area contributed by atoms with Gasteiger partial charge in [0.15, 0.2) is 6.20 Å². The fraction of sp³-hybridized carbons (Fsp3) is 0.235. The molecule has 108 valence electrons. The van der Waals surface area contributed by atoms with Crippen molar-refractivity contribution in [2.75, 3.05) is 14.1 Å². The summed E-state index contributed by atoms with van der Waals surface area (Å²) in [6.45, 7) is 2.25. The van der Waals surface area contributed by atoms with Gasteiger partial charge >= 0.3 is 0 Å². The molecule has 0 unspecified atom stereocenters. The quantitative estimate of drug-likeness (QED) is 0.622. The number of carbonyl (C=O) groups is 1. The van der Waals surface area contributed by atoms with Crippen molar-refractivity contribution in [3.8, 4) is 0 Å². The van der Waals surface area contributed by atoms with E-state index in [-0.39, 0.29) is 5.78 Å². The summed E-state index contributed by atoms with van der Waals surface area (Å²) in [4.78, 5) is 18.6. The lowest BCUT2D eigenvalue weighted by molar-refractivity contribution is -0.685. The van der Waals surface area contributed by atoms with Crippen molar-refractivity contribution in [1.82, 2.24) is 9.88 Å². The second kappa shape index (κ2) is 6.79. The number of hydrogen-bond acceptors (Lipinski definition) is 3. The van der Waals surface area contributed by atoms with Gasteiger partial charge in [0.25, 0.3) is 0 Å². The predicted molar refractivity (Wildman–Crippen MR) is 82.7 cm³/mol. The van der Waals surface area contributed by atoms with Gasteiger partial charge in [-0.15, -0.1) is 0 Å². The number of Topliss-reactive ketones (excluding diaryl/α,β-unsaturated/α-hetero) is 1. The molecule has 21 heavy (non-hydrogen) atoms. The van der Waals surface area contributed by atoms with E-state index in [9.17, 15) is 4.79 Å². The zero-order chi connectivity index (χ0) is 15.2. The van der Waals surface area contributed by atoms with E-state index in [0.717, 1.165) is 17.0 Å². The maximum atomic E-state index is 12.3. The smallest absolute Gasteiger partial charge is 0.228 e. The summed E-state index contributed by atoms with van der Waals surface area (Å²) in [6.07, 6.45) is 7.48. The van der Waals surface area contributed by atoms with E-state index in [1.807, 2.05) is 79.3 Å². The fourth-order valence-corrected chi connectivity index (χ4v) is 2.02. The highest BCUT2D eigenvalue weighted by Gasteiger charge is 2.17. The second-order valence-corrected chi connectivity index (χ2v) is 5.09. The maximum Gasteiger partial charge on any atom is 0.228 e. The molecule has 1 aromatic heterocycles. The number of rotatable bonds is 5. The first kappa shape index (κ1) is 14.9. The van der Waals surface area contributed by atoms with Crippen molar-refractivity contribution in [2.45, 2.75) is 13.5 Å². The Hall–Kier alpha value is -2.49. The molecule has 1 heterocycles. The van der Waals surface area contributed by atoms with Crippen LogP contribution in [0.15, 0.2) is 48.9 Å². The van der Waals surface area contributed by atoms with Crippen LogP contribution in [-0.4, -0.2) is 29.8 Å². The molecule has 0 atom stereocenters. The van der Waals surface area contributed by atoms with Gasteiger partial charge in [-0.05, 0) is 6.92 Å². The Bertz CT molecular complexity index is 648. The topological polar surface area (TPSA) is 37.1 Å². The molecule has 0 aliphatic rings. The Morgan fingerprint density at radius 2 is 2.00 bits per heavy atom. The lowest BCUT2D eigenvalue weighted by Crippen LogP contribution is -2.41. The summed E-state index contributed by atoms with van der Waals surface area (Å²) < 4.78 is 1.93. The van der Waals surface area contributed by atoms with Crippen molar-refractivity contribution >= 4 is 11.9 Å². The highest BCUT2D eigenvalue weighted by Crippen LogP contribution is 2.04. The minimum atomic E-state index is 0.0886. The molecule has 0 N–H and O–H groups in total. The Morgan fingerprint density at radius 3 is 2.67 bits per heavy atom. The Labute approximate surface area is 125 Å². The maximum absolute atomic E-state index is 12.3. The molecule has 0 saturated carbocycles. The summed E-state index contributed by atoms with van der Waals surface area (Å²) in [5.41, 5.74) is 2.56. The van der Waals surface area contributed by atoms with Crippen LogP contribution in [0.3, 0.4) is 0 Å². The van der Waals surface area contributed by atoms with E-state index in [1.54, 1.807) is 6.20 Å². The molecule has 0 aliphatic carbocycles. The van der Waals surface area contributed by atoms with Crippen LogP contribution in [0.5, 0.6) is 0 Å². The van der Waals surface area contributed by atoms with E-state index in [0.29, 0.717) is 6.54 Å². The summed E-state index contributed by atoms with van der Waals surface area (Å²) in [7, 11) is 3.92. The molecule has 2 aromatic rings. The van der Waals surface area contributed by atoms with Crippen LogP contribution in [0.4, 0.5) is 0 Å². The van der Waals surface area contributed by atoms with Crippen molar-refractivity contribution in [1.29, 1.82) is 0 Å². The summed E-state index contributed by atoms with van der Waals surface area (Å²) in [6, 6.07) is 9.34.